The zero-order valence-corrected chi connectivity index (χ0v) is 12.0. The van der Waals surface area contributed by atoms with E-state index in [9.17, 15) is 4.79 Å². The molecule has 3 rings (SSSR count). The maximum absolute atomic E-state index is 12.6. The lowest BCUT2D eigenvalue weighted by Gasteiger charge is -2.26. The minimum absolute atomic E-state index is 0.117. The van der Waals surface area contributed by atoms with E-state index in [0.717, 1.165) is 44.6 Å². The molecule has 1 aromatic rings. The minimum Gasteiger partial charge on any atom is -0.376 e. The zero-order chi connectivity index (χ0) is 13.9. The molecule has 0 radical (unpaired) electrons. The first-order valence-electron chi connectivity index (χ1n) is 7.52. The predicted molar refractivity (Wildman–Crippen MR) is 78.8 cm³/mol. The first kappa shape index (κ1) is 13.4. The van der Waals surface area contributed by atoms with Crippen LogP contribution in [0.2, 0.25) is 0 Å². The lowest BCUT2D eigenvalue weighted by molar-refractivity contribution is -0.133. The smallest absolute Gasteiger partial charge is 0.245 e. The number of hydrogen-bond donors (Lipinski definition) is 1. The normalized spacial score (nSPS) is 24.2. The Hall–Kier alpha value is -1.55. The maximum Gasteiger partial charge on any atom is 0.245 e. The van der Waals surface area contributed by atoms with Crippen LogP contribution in [0, 0.1) is 0 Å². The molecule has 20 heavy (non-hydrogen) atoms. The van der Waals surface area contributed by atoms with E-state index in [1.54, 1.807) is 0 Å². The number of hydrogen-bond acceptors (Lipinski definition) is 3. The number of likely N-dealkylation sites (N-methyl/N-ethyl adjacent to an activating group) is 1. The predicted octanol–water partition coefficient (Wildman–Crippen LogP) is 2.05. The van der Waals surface area contributed by atoms with E-state index < -0.39 is 0 Å². The van der Waals surface area contributed by atoms with E-state index in [0.29, 0.717) is 0 Å². The Balaban J connectivity index is 1.63. The summed E-state index contributed by atoms with van der Waals surface area (Å²) in [5, 5.41) is 3.34. The van der Waals surface area contributed by atoms with Gasteiger partial charge < -0.3 is 15.0 Å². The molecule has 0 aromatic heterocycles. The molecule has 0 aliphatic carbocycles. The molecule has 108 valence electrons. The fourth-order valence-corrected chi connectivity index (χ4v) is 3.08. The van der Waals surface area contributed by atoms with Crippen LogP contribution in [0.3, 0.4) is 0 Å². The third kappa shape index (κ3) is 2.66. The van der Waals surface area contributed by atoms with Crippen LogP contribution in [-0.4, -0.2) is 42.6 Å². The summed E-state index contributed by atoms with van der Waals surface area (Å²) in [5.41, 5.74) is 2.33. The van der Waals surface area contributed by atoms with Gasteiger partial charge in [0.25, 0.3) is 0 Å². The van der Waals surface area contributed by atoms with E-state index in [1.165, 1.54) is 5.56 Å². The number of nitrogens with zero attached hydrogens (tertiary/aromatic N) is 1. The molecule has 2 aliphatic heterocycles. The SMILES string of the molecule is CCN(CC1CCCO1)C(=O)[C@@H]1Cc2ccccc2N1. The number of carbonyl (C=O) groups excluding carboxylic acids is 1. The van der Waals surface area contributed by atoms with E-state index in [1.807, 2.05) is 30.0 Å². The molecule has 1 fully saturated rings. The molecular weight excluding hydrogens is 252 g/mol. The summed E-state index contributed by atoms with van der Waals surface area (Å²) in [6, 6.07) is 8.04. The van der Waals surface area contributed by atoms with Crippen LogP contribution in [0.25, 0.3) is 0 Å². The van der Waals surface area contributed by atoms with Gasteiger partial charge in [-0.25, -0.2) is 0 Å². The minimum atomic E-state index is -0.117. The molecule has 1 amide bonds. The molecule has 2 heterocycles. The van der Waals surface area contributed by atoms with Crippen molar-refractivity contribution in [1.29, 1.82) is 0 Å². The largest absolute Gasteiger partial charge is 0.376 e. The van der Waals surface area contributed by atoms with Gasteiger partial charge in [-0.05, 0) is 31.4 Å². The number of carbonyl (C=O) groups is 1. The van der Waals surface area contributed by atoms with Gasteiger partial charge in [-0.3, -0.25) is 4.79 Å². The Morgan fingerprint density at radius 1 is 1.45 bits per heavy atom. The molecule has 1 aromatic carbocycles. The van der Waals surface area contributed by atoms with Gasteiger partial charge >= 0.3 is 0 Å². The summed E-state index contributed by atoms with van der Waals surface area (Å²) >= 11 is 0. The lowest BCUT2D eigenvalue weighted by atomic mass is 10.1. The van der Waals surface area contributed by atoms with Gasteiger partial charge in [0, 0.05) is 31.8 Å². The Kier molecular flexibility index (Phi) is 3.92. The van der Waals surface area contributed by atoms with Crippen LogP contribution in [-0.2, 0) is 16.0 Å². The molecule has 0 saturated carbocycles. The van der Waals surface area contributed by atoms with Gasteiger partial charge in [0.2, 0.25) is 5.91 Å². The highest BCUT2D eigenvalue weighted by Gasteiger charge is 2.31. The summed E-state index contributed by atoms with van der Waals surface area (Å²) in [4.78, 5) is 14.6. The number of amides is 1. The highest BCUT2D eigenvalue weighted by Crippen LogP contribution is 2.26. The van der Waals surface area contributed by atoms with E-state index in [4.69, 9.17) is 4.74 Å². The molecule has 1 unspecified atom stereocenters. The van der Waals surface area contributed by atoms with Crippen LogP contribution in [0.4, 0.5) is 5.69 Å². The van der Waals surface area contributed by atoms with E-state index in [-0.39, 0.29) is 18.1 Å². The average molecular weight is 274 g/mol. The van der Waals surface area contributed by atoms with Crippen molar-refractivity contribution in [2.75, 3.05) is 25.0 Å². The highest BCUT2D eigenvalue weighted by molar-refractivity contribution is 5.87. The summed E-state index contributed by atoms with van der Waals surface area (Å²) in [7, 11) is 0. The van der Waals surface area contributed by atoms with Gasteiger partial charge in [-0.15, -0.1) is 0 Å². The molecular formula is C16H22N2O2. The number of benzene rings is 1. The molecule has 2 atom stereocenters. The summed E-state index contributed by atoms with van der Waals surface area (Å²) in [6.07, 6.45) is 3.20. The van der Waals surface area contributed by atoms with Crippen LogP contribution in [0.15, 0.2) is 24.3 Å². The van der Waals surface area contributed by atoms with Gasteiger partial charge in [-0.1, -0.05) is 18.2 Å². The first-order chi connectivity index (χ1) is 9.78. The molecule has 1 saturated heterocycles. The van der Waals surface area contributed by atoms with Crippen molar-refractivity contribution in [3.63, 3.8) is 0 Å². The van der Waals surface area contributed by atoms with Crippen LogP contribution in [0.1, 0.15) is 25.3 Å². The first-order valence-corrected chi connectivity index (χ1v) is 7.52. The second-order valence-corrected chi connectivity index (χ2v) is 5.57. The van der Waals surface area contributed by atoms with E-state index >= 15 is 0 Å². The Bertz CT molecular complexity index is 458. The molecule has 4 heteroatoms. The lowest BCUT2D eigenvalue weighted by Crippen LogP contribution is -2.45. The second-order valence-electron chi connectivity index (χ2n) is 5.57. The molecule has 1 N–H and O–H groups in total. The quantitative estimate of drug-likeness (QED) is 0.913. The van der Waals surface area contributed by atoms with Crippen molar-refractivity contribution in [2.45, 2.75) is 38.3 Å². The summed E-state index contributed by atoms with van der Waals surface area (Å²) < 4.78 is 5.65. The number of fused-ring (bicyclic) bond motifs is 1. The van der Waals surface area contributed by atoms with E-state index in [2.05, 4.69) is 11.4 Å². The van der Waals surface area contributed by atoms with Gasteiger partial charge in [0.1, 0.15) is 6.04 Å². The third-order valence-electron chi connectivity index (χ3n) is 4.21. The van der Waals surface area contributed by atoms with Gasteiger partial charge in [-0.2, -0.15) is 0 Å². The number of para-hydroxylation sites is 1. The van der Waals surface area contributed by atoms with Crippen molar-refractivity contribution < 1.29 is 9.53 Å². The fraction of sp³-hybridized carbons (Fsp3) is 0.562. The molecule has 0 spiro atoms. The monoisotopic (exact) mass is 274 g/mol. The molecule has 4 nitrogen and oxygen atoms in total. The zero-order valence-electron chi connectivity index (χ0n) is 12.0. The highest BCUT2D eigenvalue weighted by atomic mass is 16.5. The number of rotatable bonds is 4. The number of ether oxygens (including phenoxy) is 1. The topological polar surface area (TPSA) is 41.6 Å². The van der Waals surface area contributed by atoms with Crippen molar-refractivity contribution in [1.82, 2.24) is 4.90 Å². The maximum atomic E-state index is 12.6. The molecule has 2 aliphatic rings. The fourth-order valence-electron chi connectivity index (χ4n) is 3.08. The summed E-state index contributed by atoms with van der Waals surface area (Å²) in [6.45, 7) is 4.34. The van der Waals surface area contributed by atoms with Gasteiger partial charge in [0.15, 0.2) is 0 Å². The third-order valence-corrected chi connectivity index (χ3v) is 4.21. The number of nitrogens with one attached hydrogen (secondary N) is 1. The van der Waals surface area contributed by atoms with Crippen LogP contribution in [0.5, 0.6) is 0 Å². The Labute approximate surface area is 120 Å². The summed E-state index contributed by atoms with van der Waals surface area (Å²) in [5.74, 6) is 0.194. The van der Waals surface area contributed by atoms with Crippen molar-refractivity contribution in [3.05, 3.63) is 29.8 Å². The molecule has 0 bridgehead atoms. The average Bonchev–Trinajstić information content (AvgIpc) is 3.12. The second kappa shape index (κ2) is 5.83. The van der Waals surface area contributed by atoms with Crippen molar-refractivity contribution in [3.8, 4) is 0 Å². The van der Waals surface area contributed by atoms with Crippen LogP contribution < -0.4 is 5.32 Å². The Morgan fingerprint density at radius 2 is 2.30 bits per heavy atom. The number of anilines is 1. The van der Waals surface area contributed by atoms with Crippen molar-refractivity contribution >= 4 is 11.6 Å². The Morgan fingerprint density at radius 3 is 3.00 bits per heavy atom. The van der Waals surface area contributed by atoms with Crippen molar-refractivity contribution in [2.24, 2.45) is 0 Å². The van der Waals surface area contributed by atoms with Crippen LogP contribution >= 0.6 is 0 Å². The standard InChI is InChI=1S/C16H22N2O2/c1-2-18(11-13-7-5-9-20-13)16(19)15-10-12-6-3-4-8-14(12)17-15/h3-4,6,8,13,15,17H,2,5,7,9-11H2,1H3/t13?,15-/m0/s1. The van der Waals surface area contributed by atoms with Gasteiger partial charge in [0.05, 0.1) is 6.10 Å².